The molecule has 0 bridgehead atoms. The first-order chi connectivity index (χ1) is 12.0. The van der Waals surface area contributed by atoms with Gasteiger partial charge in [0.1, 0.15) is 6.10 Å². The van der Waals surface area contributed by atoms with Gasteiger partial charge in [-0.25, -0.2) is 4.79 Å². The highest BCUT2D eigenvalue weighted by Gasteiger charge is 2.57. The summed E-state index contributed by atoms with van der Waals surface area (Å²) in [7, 11) is 0. The van der Waals surface area contributed by atoms with Crippen LogP contribution in [0.1, 0.15) is 54.4 Å². The number of hydrogen-bond acceptors (Lipinski definition) is 6. The molecule has 0 radical (unpaired) electrons. The molecule has 6 N–H and O–H groups in total. The maximum Gasteiger partial charge on any atom is 0.347 e. The molecule has 3 atom stereocenters. The maximum atomic E-state index is 12.6. The Hall–Kier alpha value is -1.71. The van der Waals surface area contributed by atoms with Crippen LogP contribution in [0.3, 0.4) is 0 Å². The Labute approximate surface area is 160 Å². The number of nitrogens with two attached hydrogens (primary N) is 2. The first-order valence-electron chi connectivity index (χ1n) is 8.99. The van der Waals surface area contributed by atoms with Gasteiger partial charge in [-0.3, -0.25) is 15.3 Å². The molecule has 0 aromatic rings. The summed E-state index contributed by atoms with van der Waals surface area (Å²) >= 11 is 0. The van der Waals surface area contributed by atoms with Crippen LogP contribution >= 0.6 is 0 Å². The first kappa shape index (κ1) is 23.3. The molecular weight excluding hydrogens is 354 g/mol. The van der Waals surface area contributed by atoms with Crippen molar-refractivity contribution in [2.45, 2.75) is 78.3 Å². The molecule has 156 valence electrons. The van der Waals surface area contributed by atoms with Crippen LogP contribution in [0.4, 0.5) is 0 Å². The molecule has 9 heteroatoms. The van der Waals surface area contributed by atoms with Crippen LogP contribution in [-0.2, 0) is 19.1 Å². The Morgan fingerprint density at radius 1 is 1.15 bits per heavy atom. The fourth-order valence-corrected chi connectivity index (χ4v) is 3.89. The first-order valence-corrected chi connectivity index (χ1v) is 8.99. The number of carboxylic acids is 2. The van der Waals surface area contributed by atoms with E-state index < -0.39 is 42.1 Å². The van der Waals surface area contributed by atoms with Gasteiger partial charge in [-0.15, -0.1) is 0 Å². The van der Waals surface area contributed by atoms with Crippen molar-refractivity contribution in [3.63, 3.8) is 0 Å². The van der Waals surface area contributed by atoms with Crippen LogP contribution in [0.25, 0.3) is 0 Å². The molecule has 1 fully saturated rings. The van der Waals surface area contributed by atoms with Crippen molar-refractivity contribution in [2.24, 2.45) is 22.3 Å². The number of nitrogens with zero attached hydrogens (tertiary/aromatic N) is 1. The maximum absolute atomic E-state index is 12.6. The Morgan fingerprint density at radius 3 is 2.00 bits per heavy atom. The molecule has 1 aliphatic rings. The van der Waals surface area contributed by atoms with E-state index in [1.54, 1.807) is 0 Å². The van der Waals surface area contributed by atoms with Crippen molar-refractivity contribution in [2.75, 3.05) is 6.54 Å². The number of carbonyl (C=O) groups is 3. The number of aliphatic carboxylic acids is 2. The number of carbonyl (C=O) groups excluding carboxylic acids is 1. The molecule has 0 spiro atoms. The van der Waals surface area contributed by atoms with Gasteiger partial charge in [0.2, 0.25) is 11.6 Å². The third-order valence-electron chi connectivity index (χ3n) is 4.75. The molecule has 1 amide bonds. The molecule has 1 rings (SSSR count). The van der Waals surface area contributed by atoms with Crippen LogP contribution in [0.5, 0.6) is 0 Å². The van der Waals surface area contributed by atoms with Gasteiger partial charge in [0, 0.05) is 6.54 Å². The standard InChI is InChI=1S/C18H33N3O6/c1-16(2,3)14(17(4,5)6)27-11-7-8-21(18(11,20)15(25)26)13(24)10(19)9-12(22)23/h10-11,14H,7-9,19-20H2,1-6H3,(H,22,23)(H,25,26)/t10-,11?,18-/m0/s1. The van der Waals surface area contributed by atoms with Crippen LogP contribution in [0, 0.1) is 10.8 Å². The lowest BCUT2D eigenvalue weighted by molar-refractivity contribution is -0.178. The molecule has 9 nitrogen and oxygen atoms in total. The smallest absolute Gasteiger partial charge is 0.347 e. The van der Waals surface area contributed by atoms with Crippen molar-refractivity contribution in [1.82, 2.24) is 4.90 Å². The van der Waals surface area contributed by atoms with Crippen molar-refractivity contribution in [3.8, 4) is 0 Å². The van der Waals surface area contributed by atoms with Gasteiger partial charge < -0.3 is 25.6 Å². The van der Waals surface area contributed by atoms with Crippen LogP contribution < -0.4 is 11.5 Å². The van der Waals surface area contributed by atoms with E-state index in [2.05, 4.69) is 0 Å². The summed E-state index contributed by atoms with van der Waals surface area (Å²) in [5.74, 6) is -3.47. The lowest BCUT2D eigenvalue weighted by Crippen LogP contribution is -2.68. The summed E-state index contributed by atoms with van der Waals surface area (Å²) in [4.78, 5) is 36.4. The van der Waals surface area contributed by atoms with Crippen LogP contribution in [0.2, 0.25) is 0 Å². The van der Waals surface area contributed by atoms with E-state index in [4.69, 9.17) is 21.3 Å². The van der Waals surface area contributed by atoms with E-state index in [1.165, 1.54) is 0 Å². The average Bonchev–Trinajstić information content (AvgIpc) is 2.79. The molecule has 0 saturated carbocycles. The number of amides is 1. The molecule has 27 heavy (non-hydrogen) atoms. The Kier molecular flexibility index (Phi) is 6.68. The minimum absolute atomic E-state index is 0.0284. The molecule has 1 saturated heterocycles. The second-order valence-corrected chi connectivity index (χ2v) is 9.35. The van der Waals surface area contributed by atoms with Gasteiger partial charge in [-0.05, 0) is 17.3 Å². The quantitative estimate of drug-likeness (QED) is 0.516. The summed E-state index contributed by atoms with van der Waals surface area (Å²) in [5.41, 5.74) is 9.11. The summed E-state index contributed by atoms with van der Waals surface area (Å²) in [5, 5.41) is 18.6. The van der Waals surface area contributed by atoms with Gasteiger partial charge in [0.15, 0.2) is 0 Å². The van der Waals surface area contributed by atoms with Crippen LogP contribution in [0.15, 0.2) is 0 Å². The molecule has 0 aliphatic carbocycles. The van der Waals surface area contributed by atoms with E-state index >= 15 is 0 Å². The third-order valence-corrected chi connectivity index (χ3v) is 4.75. The van der Waals surface area contributed by atoms with Gasteiger partial charge >= 0.3 is 11.9 Å². The van der Waals surface area contributed by atoms with Crippen molar-refractivity contribution >= 4 is 17.8 Å². The minimum atomic E-state index is -2.11. The van der Waals surface area contributed by atoms with Crippen LogP contribution in [-0.4, -0.2) is 63.4 Å². The molecule has 1 heterocycles. The van der Waals surface area contributed by atoms with Crippen molar-refractivity contribution in [1.29, 1.82) is 0 Å². The Morgan fingerprint density at radius 2 is 1.63 bits per heavy atom. The lowest BCUT2D eigenvalue weighted by Gasteiger charge is -2.44. The molecule has 0 aromatic carbocycles. The molecule has 1 aliphatic heterocycles. The number of likely N-dealkylation sites (tertiary alicyclic amines) is 1. The Bertz CT molecular complexity index is 581. The van der Waals surface area contributed by atoms with Crippen molar-refractivity contribution in [3.05, 3.63) is 0 Å². The minimum Gasteiger partial charge on any atom is -0.481 e. The second kappa shape index (κ2) is 7.73. The monoisotopic (exact) mass is 387 g/mol. The lowest BCUT2D eigenvalue weighted by atomic mass is 9.74. The summed E-state index contributed by atoms with van der Waals surface area (Å²) in [6.07, 6.45) is -1.67. The van der Waals surface area contributed by atoms with Crippen molar-refractivity contribution < 1.29 is 29.3 Å². The summed E-state index contributed by atoms with van der Waals surface area (Å²) in [6, 6.07) is -1.37. The number of rotatable bonds is 6. The zero-order valence-corrected chi connectivity index (χ0v) is 17.0. The normalized spacial score (nSPS) is 24.9. The molecule has 0 aromatic heterocycles. The van der Waals surface area contributed by atoms with Gasteiger partial charge in [-0.2, -0.15) is 0 Å². The van der Waals surface area contributed by atoms with Gasteiger partial charge in [0.05, 0.1) is 18.6 Å². The number of ether oxygens (including phenoxy) is 1. The third kappa shape index (κ3) is 4.97. The largest absolute Gasteiger partial charge is 0.481 e. The zero-order valence-electron chi connectivity index (χ0n) is 17.0. The van der Waals surface area contributed by atoms with E-state index in [-0.39, 0.29) is 29.9 Å². The summed E-state index contributed by atoms with van der Waals surface area (Å²) < 4.78 is 6.20. The topological polar surface area (TPSA) is 156 Å². The molecule has 1 unspecified atom stereocenters. The second-order valence-electron chi connectivity index (χ2n) is 9.35. The number of carboxylic acid groups (broad SMARTS) is 2. The van der Waals surface area contributed by atoms with Gasteiger partial charge in [0.25, 0.3) is 0 Å². The SMILES string of the molecule is CC(C)(C)C(OC1CCN(C(=O)[C@@H](N)CC(=O)O)[C@]1(N)C(=O)O)C(C)(C)C. The molecular formula is C18H33N3O6. The van der Waals surface area contributed by atoms with Gasteiger partial charge in [-0.1, -0.05) is 41.5 Å². The Balaban J connectivity index is 3.19. The van der Waals surface area contributed by atoms with E-state index in [0.29, 0.717) is 0 Å². The average molecular weight is 387 g/mol. The van der Waals surface area contributed by atoms with E-state index in [1.807, 2.05) is 41.5 Å². The fourth-order valence-electron chi connectivity index (χ4n) is 3.89. The highest BCUT2D eigenvalue weighted by atomic mass is 16.5. The highest BCUT2D eigenvalue weighted by Crippen LogP contribution is 2.40. The number of hydrogen-bond donors (Lipinski definition) is 4. The fraction of sp³-hybridized carbons (Fsp3) is 0.833. The van der Waals surface area contributed by atoms with E-state index in [9.17, 15) is 19.5 Å². The summed E-state index contributed by atoms with van der Waals surface area (Å²) in [6.45, 7) is 12.0. The zero-order chi connectivity index (χ0) is 21.4. The predicted octanol–water partition coefficient (Wildman–Crippen LogP) is 0.606. The van der Waals surface area contributed by atoms with E-state index in [0.717, 1.165) is 4.90 Å². The highest BCUT2D eigenvalue weighted by molar-refractivity contribution is 5.92. The predicted molar refractivity (Wildman–Crippen MR) is 98.7 cm³/mol.